The molecule has 11 nitrogen and oxygen atoms in total. The number of rotatable bonds is 13. The van der Waals surface area contributed by atoms with Gasteiger partial charge in [-0.1, -0.05) is 81.4 Å². The molecule has 1 saturated carbocycles. The van der Waals surface area contributed by atoms with Crippen LogP contribution in [0.25, 0.3) is 0 Å². The van der Waals surface area contributed by atoms with Crippen LogP contribution in [0.1, 0.15) is 86.2 Å². The molecule has 0 aliphatic heterocycles. The molecule has 1 N–H and O–H groups in total. The molecule has 4 aliphatic rings. The number of Topliss-reactive ketones (excluding diaryl/α,β-unsaturated/α-hetero) is 2. The molecule has 12 heteroatoms. The zero-order valence-electron chi connectivity index (χ0n) is 34.2. The average Bonchev–Trinajstić information content (AvgIpc) is 3.60. The van der Waals surface area contributed by atoms with Crippen molar-refractivity contribution in [2.24, 2.45) is 17.8 Å². The molecule has 5 atom stereocenters. The van der Waals surface area contributed by atoms with Crippen molar-refractivity contribution in [2.75, 3.05) is 21.2 Å². The molecule has 2 aromatic carbocycles. The van der Waals surface area contributed by atoms with E-state index in [-0.39, 0.29) is 53.4 Å². The van der Waals surface area contributed by atoms with Crippen molar-refractivity contribution in [3.05, 3.63) is 117 Å². The lowest BCUT2D eigenvalue weighted by Gasteiger charge is -2.55. The molecule has 0 spiro atoms. The number of hydrogen-bond donors (Lipinski definition) is 1. The SMILES string of the molecule is COC1=C2C[C@H]3C[C@H]4[C@H](N(C)C)c5onc(OCc6ccccc6)c5C(=O)[C@@]4(O[Si](C)(C)C(C)(C)C)C(=O)C3=C(O)C2=C(OCc2ccccc2)C(CCC=O)C1. The molecule has 1 fully saturated rings. The maximum Gasteiger partial charge on any atom is 0.265 e. The summed E-state index contributed by atoms with van der Waals surface area (Å²) in [5.74, 6) is -1.31. The van der Waals surface area contributed by atoms with Gasteiger partial charge in [-0.2, -0.15) is 0 Å². The van der Waals surface area contributed by atoms with Crippen molar-refractivity contribution in [2.45, 2.75) is 95.9 Å². The first-order chi connectivity index (χ1) is 27.1. The number of ether oxygens (including phenoxy) is 3. The number of carbonyl (C=O) groups excluding carboxylic acids is 3. The number of fused-ring (bicyclic) bond motifs is 4. The maximum atomic E-state index is 15.9. The zero-order valence-corrected chi connectivity index (χ0v) is 35.2. The molecular weight excluding hydrogens is 741 g/mol. The third-order valence-electron chi connectivity index (χ3n) is 12.7. The van der Waals surface area contributed by atoms with Crippen LogP contribution in [0, 0.1) is 17.8 Å². The summed E-state index contributed by atoms with van der Waals surface area (Å²) in [5, 5.41) is 16.6. The topological polar surface area (TPSA) is 138 Å². The van der Waals surface area contributed by atoms with Gasteiger partial charge in [-0.05, 0) is 73.7 Å². The molecule has 4 aliphatic carbocycles. The number of aromatic nitrogens is 1. The summed E-state index contributed by atoms with van der Waals surface area (Å²) in [6, 6.07) is 18.7. The minimum atomic E-state index is -2.92. The minimum Gasteiger partial charge on any atom is -0.507 e. The monoisotopic (exact) mass is 794 g/mol. The molecular formula is C45H54N2O9Si. The average molecular weight is 795 g/mol. The number of ketones is 2. The predicted molar refractivity (Wildman–Crippen MR) is 216 cm³/mol. The summed E-state index contributed by atoms with van der Waals surface area (Å²) in [7, 11) is 2.48. The van der Waals surface area contributed by atoms with Crippen molar-refractivity contribution in [3.8, 4) is 5.88 Å². The fraction of sp³-hybridized carbons (Fsp3) is 0.467. The van der Waals surface area contributed by atoms with Crippen LogP contribution in [-0.4, -0.2) is 68.1 Å². The number of carbonyl (C=O) groups is 3. The molecule has 3 aromatic rings. The lowest BCUT2D eigenvalue weighted by molar-refractivity contribution is -0.141. The van der Waals surface area contributed by atoms with Crippen LogP contribution in [0.2, 0.25) is 18.1 Å². The van der Waals surface area contributed by atoms with E-state index in [9.17, 15) is 9.90 Å². The first-order valence-electron chi connectivity index (χ1n) is 19.8. The lowest BCUT2D eigenvalue weighted by Crippen LogP contribution is -2.68. The molecule has 1 unspecified atom stereocenters. The summed E-state index contributed by atoms with van der Waals surface area (Å²) in [6.07, 6.45) is 2.80. The number of allylic oxidation sites excluding steroid dienone is 3. The third-order valence-corrected chi connectivity index (χ3v) is 17.1. The summed E-state index contributed by atoms with van der Waals surface area (Å²) in [5.41, 5.74) is 1.17. The first kappa shape index (κ1) is 40.4. The number of aldehydes is 1. The van der Waals surface area contributed by atoms with E-state index in [1.54, 1.807) is 7.11 Å². The van der Waals surface area contributed by atoms with Crippen molar-refractivity contribution in [1.29, 1.82) is 0 Å². The molecule has 1 heterocycles. The molecule has 0 bridgehead atoms. The number of methoxy groups -OCH3 is 1. The third kappa shape index (κ3) is 6.99. The maximum absolute atomic E-state index is 15.9. The minimum absolute atomic E-state index is 0.00121. The van der Waals surface area contributed by atoms with E-state index in [0.29, 0.717) is 48.5 Å². The van der Waals surface area contributed by atoms with E-state index in [0.717, 1.165) is 23.0 Å². The Morgan fingerprint density at radius 2 is 1.60 bits per heavy atom. The van der Waals surface area contributed by atoms with Gasteiger partial charge in [0.2, 0.25) is 11.6 Å². The Hall–Kier alpha value is -4.78. The molecule has 0 saturated heterocycles. The van der Waals surface area contributed by atoms with E-state index in [1.165, 1.54) is 0 Å². The lowest BCUT2D eigenvalue weighted by atomic mass is 9.56. The van der Waals surface area contributed by atoms with E-state index in [4.69, 9.17) is 23.2 Å². The molecule has 0 amide bonds. The van der Waals surface area contributed by atoms with Crippen LogP contribution in [0.15, 0.2) is 99.2 Å². The van der Waals surface area contributed by atoms with Crippen molar-refractivity contribution >= 4 is 26.2 Å². The van der Waals surface area contributed by atoms with Crippen molar-refractivity contribution < 1.29 is 42.6 Å². The van der Waals surface area contributed by atoms with Gasteiger partial charge in [0.1, 0.15) is 42.3 Å². The second-order valence-electron chi connectivity index (χ2n) is 17.4. The number of hydrogen-bond acceptors (Lipinski definition) is 11. The number of aliphatic hydroxyl groups is 1. The van der Waals surface area contributed by atoms with Gasteiger partial charge in [0.05, 0.1) is 18.7 Å². The second-order valence-corrected chi connectivity index (χ2v) is 22.2. The normalized spacial score (nSPS) is 24.9. The Morgan fingerprint density at radius 1 is 0.965 bits per heavy atom. The van der Waals surface area contributed by atoms with Crippen LogP contribution in [0.5, 0.6) is 5.88 Å². The number of nitrogens with zero attached hydrogens (tertiary/aromatic N) is 2. The molecule has 302 valence electrons. The van der Waals surface area contributed by atoms with Crippen molar-refractivity contribution in [3.63, 3.8) is 0 Å². The molecule has 1 aromatic heterocycles. The Labute approximate surface area is 335 Å². The Bertz CT molecular complexity index is 2130. The largest absolute Gasteiger partial charge is 0.507 e. The van der Waals surface area contributed by atoms with Gasteiger partial charge >= 0.3 is 0 Å². The highest BCUT2D eigenvalue weighted by atomic mass is 28.4. The van der Waals surface area contributed by atoms with E-state index >= 15 is 9.59 Å². The Balaban J connectivity index is 1.43. The zero-order chi connectivity index (χ0) is 40.9. The predicted octanol–water partition coefficient (Wildman–Crippen LogP) is 8.60. The van der Waals surface area contributed by atoms with Crippen LogP contribution < -0.4 is 4.74 Å². The van der Waals surface area contributed by atoms with Gasteiger partial charge in [-0.3, -0.25) is 14.5 Å². The van der Waals surface area contributed by atoms with Crippen molar-refractivity contribution in [1.82, 2.24) is 10.1 Å². The highest BCUT2D eigenvalue weighted by Gasteiger charge is 2.69. The second kappa shape index (κ2) is 15.5. The standard InChI is InChI=1S/C45H54N2O9Si/c1-44(2,3)57(7,8)56-45-32(37(47(4)5)40-36(42(45)51)43(46-55-40)54-26-28-18-13-10-14-19-28)23-30-22-31-33(52-6)24-29(20-15-21-48)39(35(31)38(49)34(30)41(45)50)53-25-27-16-11-9-12-17-27/h9-14,16-19,21,29-30,32,37,49H,15,20,22-26H2,1-8H3/t29?,30-,32-,37-,45-/m0/s1. The number of benzene rings is 2. The smallest absolute Gasteiger partial charge is 0.265 e. The van der Waals surface area contributed by atoms with E-state index in [1.807, 2.05) is 92.8 Å². The van der Waals surface area contributed by atoms with Crippen LogP contribution in [0.4, 0.5) is 0 Å². The fourth-order valence-corrected chi connectivity index (χ4v) is 10.3. The van der Waals surface area contributed by atoms with E-state index in [2.05, 4.69) is 25.9 Å². The van der Waals surface area contributed by atoms with E-state index < -0.39 is 43.4 Å². The highest BCUT2D eigenvalue weighted by molar-refractivity contribution is 6.74. The van der Waals surface area contributed by atoms with Gasteiger partial charge in [-0.25, -0.2) is 0 Å². The van der Waals surface area contributed by atoms with Gasteiger partial charge in [0, 0.05) is 35.8 Å². The van der Waals surface area contributed by atoms with Crippen LogP contribution in [-0.2, 0) is 36.7 Å². The Morgan fingerprint density at radius 3 is 2.18 bits per heavy atom. The summed E-state index contributed by atoms with van der Waals surface area (Å²) < 4.78 is 32.1. The van der Waals surface area contributed by atoms with Gasteiger partial charge in [0.15, 0.2) is 19.7 Å². The molecule has 7 rings (SSSR count). The van der Waals surface area contributed by atoms with Crippen LogP contribution in [0.3, 0.4) is 0 Å². The van der Waals surface area contributed by atoms with Gasteiger partial charge in [0.25, 0.3) is 5.88 Å². The molecule has 57 heavy (non-hydrogen) atoms. The Kier molecular flexibility index (Phi) is 11.0. The van der Waals surface area contributed by atoms with Crippen LogP contribution >= 0.6 is 0 Å². The quantitative estimate of drug-likeness (QED) is 0.101. The summed E-state index contributed by atoms with van der Waals surface area (Å²) in [6.45, 7) is 10.6. The highest BCUT2D eigenvalue weighted by Crippen LogP contribution is 2.60. The fourth-order valence-electron chi connectivity index (χ4n) is 8.89. The first-order valence-corrected chi connectivity index (χ1v) is 22.7. The number of aliphatic hydroxyl groups excluding tert-OH is 1. The van der Waals surface area contributed by atoms with Gasteiger partial charge in [-0.15, -0.1) is 0 Å². The van der Waals surface area contributed by atoms with Gasteiger partial charge < -0.3 is 33.1 Å². The summed E-state index contributed by atoms with van der Waals surface area (Å²) >= 11 is 0. The summed E-state index contributed by atoms with van der Waals surface area (Å²) in [4.78, 5) is 45.1. The molecule has 0 radical (unpaired) electrons.